The van der Waals surface area contributed by atoms with Gasteiger partial charge in [0.2, 0.25) is 0 Å². The SMILES string of the molecule is CCNC(Cc1cccc(Cl)c1)c1cc(C)c(F)cc1Cl. The lowest BCUT2D eigenvalue weighted by atomic mass is 9.97. The van der Waals surface area contributed by atoms with E-state index in [0.717, 1.165) is 24.1 Å². The summed E-state index contributed by atoms with van der Waals surface area (Å²) >= 11 is 12.3. The fourth-order valence-electron chi connectivity index (χ4n) is 2.38. The summed E-state index contributed by atoms with van der Waals surface area (Å²) in [6.45, 7) is 4.59. The maximum Gasteiger partial charge on any atom is 0.127 e. The van der Waals surface area contributed by atoms with Crippen LogP contribution in [0.1, 0.15) is 29.7 Å². The summed E-state index contributed by atoms with van der Waals surface area (Å²) in [5.74, 6) is -0.276. The van der Waals surface area contributed by atoms with Crippen LogP contribution in [0.5, 0.6) is 0 Å². The van der Waals surface area contributed by atoms with Gasteiger partial charge in [-0.25, -0.2) is 4.39 Å². The molecule has 21 heavy (non-hydrogen) atoms. The van der Waals surface area contributed by atoms with E-state index in [2.05, 4.69) is 5.32 Å². The van der Waals surface area contributed by atoms with Crippen LogP contribution in [0, 0.1) is 12.7 Å². The second kappa shape index (κ2) is 7.26. The van der Waals surface area contributed by atoms with Crippen LogP contribution < -0.4 is 5.32 Å². The van der Waals surface area contributed by atoms with E-state index >= 15 is 0 Å². The Morgan fingerprint density at radius 2 is 1.95 bits per heavy atom. The van der Waals surface area contributed by atoms with Gasteiger partial charge in [-0.2, -0.15) is 0 Å². The predicted molar refractivity (Wildman–Crippen MR) is 87.7 cm³/mol. The lowest BCUT2D eigenvalue weighted by Gasteiger charge is -2.20. The number of hydrogen-bond acceptors (Lipinski definition) is 1. The highest BCUT2D eigenvalue weighted by atomic mass is 35.5. The van der Waals surface area contributed by atoms with Crippen molar-refractivity contribution in [3.05, 3.63) is 69.0 Å². The predicted octanol–water partition coefficient (Wildman–Crippen LogP) is 5.33. The van der Waals surface area contributed by atoms with Crippen molar-refractivity contribution < 1.29 is 4.39 Å². The second-order valence-electron chi connectivity index (χ2n) is 5.07. The molecule has 0 heterocycles. The fraction of sp³-hybridized carbons (Fsp3) is 0.294. The van der Waals surface area contributed by atoms with Crippen LogP contribution in [-0.2, 0) is 6.42 Å². The number of rotatable bonds is 5. The van der Waals surface area contributed by atoms with E-state index in [1.807, 2.05) is 37.3 Å². The molecular weight excluding hydrogens is 308 g/mol. The summed E-state index contributed by atoms with van der Waals surface area (Å²) < 4.78 is 13.6. The van der Waals surface area contributed by atoms with Gasteiger partial charge in [0, 0.05) is 16.1 Å². The molecule has 112 valence electrons. The maximum atomic E-state index is 13.6. The van der Waals surface area contributed by atoms with Crippen molar-refractivity contribution in [2.24, 2.45) is 0 Å². The third-order valence-corrected chi connectivity index (χ3v) is 4.00. The van der Waals surface area contributed by atoms with Gasteiger partial charge >= 0.3 is 0 Å². The number of nitrogens with one attached hydrogen (secondary N) is 1. The summed E-state index contributed by atoms with van der Waals surface area (Å²) in [5, 5.41) is 4.57. The van der Waals surface area contributed by atoms with Gasteiger partial charge in [-0.15, -0.1) is 0 Å². The van der Waals surface area contributed by atoms with E-state index in [4.69, 9.17) is 23.2 Å². The Morgan fingerprint density at radius 3 is 2.62 bits per heavy atom. The molecular formula is C17H18Cl2FN. The zero-order chi connectivity index (χ0) is 15.4. The topological polar surface area (TPSA) is 12.0 Å². The number of halogens is 3. The summed E-state index contributed by atoms with van der Waals surface area (Å²) in [7, 11) is 0. The van der Waals surface area contributed by atoms with Crippen LogP contribution in [0.25, 0.3) is 0 Å². The molecule has 0 aliphatic carbocycles. The molecule has 1 nitrogen and oxygen atoms in total. The molecule has 0 saturated carbocycles. The van der Waals surface area contributed by atoms with Gasteiger partial charge in [-0.05, 0) is 54.8 Å². The molecule has 2 rings (SSSR count). The van der Waals surface area contributed by atoms with Crippen molar-refractivity contribution in [1.82, 2.24) is 5.32 Å². The molecule has 1 unspecified atom stereocenters. The minimum Gasteiger partial charge on any atom is -0.310 e. The van der Waals surface area contributed by atoms with E-state index in [0.29, 0.717) is 15.6 Å². The van der Waals surface area contributed by atoms with Crippen LogP contribution >= 0.6 is 23.2 Å². The zero-order valence-electron chi connectivity index (χ0n) is 12.1. The molecule has 0 aliphatic rings. The highest BCUT2D eigenvalue weighted by molar-refractivity contribution is 6.31. The lowest BCUT2D eigenvalue weighted by Crippen LogP contribution is -2.23. The molecule has 1 atom stereocenters. The van der Waals surface area contributed by atoms with E-state index in [1.54, 1.807) is 6.92 Å². The monoisotopic (exact) mass is 325 g/mol. The van der Waals surface area contributed by atoms with Gasteiger partial charge in [0.15, 0.2) is 0 Å². The van der Waals surface area contributed by atoms with E-state index in [1.165, 1.54) is 6.07 Å². The summed E-state index contributed by atoms with van der Waals surface area (Å²) in [6.07, 6.45) is 0.749. The van der Waals surface area contributed by atoms with Crippen LogP contribution in [0.2, 0.25) is 10.0 Å². The summed E-state index contributed by atoms with van der Waals surface area (Å²) in [5.41, 5.74) is 2.63. The number of hydrogen-bond donors (Lipinski definition) is 1. The molecule has 0 saturated heterocycles. The second-order valence-corrected chi connectivity index (χ2v) is 5.91. The first-order valence-corrected chi connectivity index (χ1v) is 7.70. The summed E-state index contributed by atoms with van der Waals surface area (Å²) in [6, 6.07) is 11.0. The molecule has 0 radical (unpaired) electrons. The third-order valence-electron chi connectivity index (χ3n) is 3.43. The Morgan fingerprint density at radius 1 is 1.19 bits per heavy atom. The lowest BCUT2D eigenvalue weighted by molar-refractivity contribution is 0.546. The van der Waals surface area contributed by atoms with Gasteiger partial charge in [-0.3, -0.25) is 0 Å². The van der Waals surface area contributed by atoms with Gasteiger partial charge in [0.05, 0.1) is 0 Å². The Hall–Kier alpha value is -1.09. The highest BCUT2D eigenvalue weighted by Crippen LogP contribution is 2.29. The van der Waals surface area contributed by atoms with Crippen molar-refractivity contribution in [1.29, 1.82) is 0 Å². The van der Waals surface area contributed by atoms with E-state index in [9.17, 15) is 4.39 Å². The Kier molecular flexibility index (Phi) is 5.63. The molecule has 0 fully saturated rings. The van der Waals surface area contributed by atoms with Crippen molar-refractivity contribution in [3.8, 4) is 0 Å². The Bertz CT molecular complexity index is 628. The van der Waals surface area contributed by atoms with Crippen LogP contribution in [0.15, 0.2) is 36.4 Å². The van der Waals surface area contributed by atoms with Crippen molar-refractivity contribution in [2.45, 2.75) is 26.3 Å². The van der Waals surface area contributed by atoms with Gasteiger partial charge < -0.3 is 5.32 Å². The molecule has 2 aromatic carbocycles. The van der Waals surface area contributed by atoms with Gasteiger partial charge in [0.1, 0.15) is 5.82 Å². The molecule has 0 bridgehead atoms. The largest absolute Gasteiger partial charge is 0.310 e. The average Bonchev–Trinajstić information content (AvgIpc) is 2.42. The Balaban J connectivity index is 2.33. The standard InChI is InChI=1S/C17H18Cl2FN/c1-3-21-17(9-12-5-4-6-13(18)8-12)14-7-11(2)16(20)10-15(14)19/h4-8,10,17,21H,3,9H2,1-2H3. The first kappa shape index (κ1) is 16.3. The zero-order valence-corrected chi connectivity index (χ0v) is 13.6. The molecule has 0 aliphatic heterocycles. The number of benzene rings is 2. The Labute approximate surface area is 135 Å². The average molecular weight is 326 g/mol. The molecule has 0 spiro atoms. The molecule has 2 aromatic rings. The molecule has 4 heteroatoms. The smallest absolute Gasteiger partial charge is 0.127 e. The van der Waals surface area contributed by atoms with Crippen molar-refractivity contribution in [3.63, 3.8) is 0 Å². The van der Waals surface area contributed by atoms with Gasteiger partial charge in [0.25, 0.3) is 0 Å². The number of aryl methyl sites for hydroxylation is 1. The van der Waals surface area contributed by atoms with E-state index in [-0.39, 0.29) is 11.9 Å². The fourth-order valence-corrected chi connectivity index (χ4v) is 2.88. The molecule has 1 N–H and O–H groups in total. The van der Waals surface area contributed by atoms with Crippen LogP contribution in [0.3, 0.4) is 0 Å². The first-order chi connectivity index (χ1) is 10.0. The molecule has 0 amide bonds. The maximum absolute atomic E-state index is 13.6. The van der Waals surface area contributed by atoms with Crippen LogP contribution in [0.4, 0.5) is 4.39 Å². The van der Waals surface area contributed by atoms with Crippen molar-refractivity contribution >= 4 is 23.2 Å². The minimum absolute atomic E-state index is 0.0280. The summed E-state index contributed by atoms with van der Waals surface area (Å²) in [4.78, 5) is 0. The third kappa shape index (κ3) is 4.19. The minimum atomic E-state index is -0.276. The molecule has 0 aromatic heterocycles. The van der Waals surface area contributed by atoms with Crippen LogP contribution in [-0.4, -0.2) is 6.54 Å². The first-order valence-electron chi connectivity index (χ1n) is 6.94. The normalized spacial score (nSPS) is 12.4. The van der Waals surface area contributed by atoms with E-state index < -0.39 is 0 Å². The van der Waals surface area contributed by atoms with Gasteiger partial charge in [-0.1, -0.05) is 48.3 Å². The van der Waals surface area contributed by atoms with Crippen molar-refractivity contribution in [2.75, 3.05) is 6.54 Å². The highest BCUT2D eigenvalue weighted by Gasteiger charge is 2.16. The quantitative estimate of drug-likeness (QED) is 0.782. The number of likely N-dealkylation sites (N-methyl/N-ethyl adjacent to an activating group) is 1.